The van der Waals surface area contributed by atoms with E-state index in [4.69, 9.17) is 9.47 Å². The number of amides is 1. The Kier molecular flexibility index (Phi) is 5.56. The highest BCUT2D eigenvalue weighted by Gasteiger charge is 2.12. The predicted molar refractivity (Wildman–Crippen MR) is 124 cm³/mol. The van der Waals surface area contributed by atoms with Crippen molar-refractivity contribution in [3.05, 3.63) is 77.9 Å². The molecule has 0 radical (unpaired) electrons. The van der Waals surface area contributed by atoms with Gasteiger partial charge in [-0.3, -0.25) is 10.1 Å². The van der Waals surface area contributed by atoms with E-state index in [1.54, 1.807) is 17.8 Å². The van der Waals surface area contributed by atoms with Gasteiger partial charge in [0.25, 0.3) is 0 Å². The van der Waals surface area contributed by atoms with E-state index in [1.807, 2.05) is 30.3 Å². The van der Waals surface area contributed by atoms with Crippen molar-refractivity contribution in [1.82, 2.24) is 10.2 Å². The molecule has 0 aliphatic carbocycles. The Hall–Kier alpha value is -3.36. The third kappa shape index (κ3) is 4.55. The molecule has 0 fully saturated rings. The fraction of sp³-hybridized carbons (Fsp3) is 0.0870. The number of anilines is 1. The van der Waals surface area contributed by atoms with Crippen LogP contribution in [0.5, 0.6) is 11.5 Å². The normalized spacial score (nSPS) is 12.5. The van der Waals surface area contributed by atoms with Gasteiger partial charge in [0.2, 0.25) is 17.8 Å². The van der Waals surface area contributed by atoms with Crippen molar-refractivity contribution >= 4 is 51.0 Å². The first-order chi connectivity index (χ1) is 15.2. The molecular formula is C23H17N3O3S2. The molecule has 3 aromatic carbocycles. The number of carbonyl (C=O) groups excluding carboxylic acids is 1. The van der Waals surface area contributed by atoms with Crippen LogP contribution in [0.1, 0.15) is 11.1 Å². The monoisotopic (exact) mass is 447 g/mol. The molecular weight excluding hydrogens is 430 g/mol. The van der Waals surface area contributed by atoms with Crippen molar-refractivity contribution in [2.75, 3.05) is 12.1 Å². The van der Waals surface area contributed by atoms with Crippen molar-refractivity contribution in [2.45, 2.75) is 10.1 Å². The van der Waals surface area contributed by atoms with Gasteiger partial charge in [-0.05, 0) is 40.1 Å². The second-order valence-corrected chi connectivity index (χ2v) is 8.94. The molecule has 0 saturated carbocycles. The van der Waals surface area contributed by atoms with Gasteiger partial charge in [0, 0.05) is 11.8 Å². The number of hydrogen-bond donors (Lipinski definition) is 1. The highest BCUT2D eigenvalue weighted by atomic mass is 32.2. The summed E-state index contributed by atoms with van der Waals surface area (Å²) in [7, 11) is 0. The fourth-order valence-corrected chi connectivity index (χ4v) is 4.97. The predicted octanol–water partition coefficient (Wildman–Crippen LogP) is 5.36. The lowest BCUT2D eigenvalue weighted by atomic mass is 10.1. The summed E-state index contributed by atoms with van der Waals surface area (Å²) in [5.74, 6) is 1.91. The van der Waals surface area contributed by atoms with Crippen LogP contribution in [0.2, 0.25) is 0 Å². The number of aromatic nitrogens is 2. The quantitative estimate of drug-likeness (QED) is 0.244. The van der Waals surface area contributed by atoms with Gasteiger partial charge in [0.05, 0.1) is 0 Å². The summed E-state index contributed by atoms with van der Waals surface area (Å²) in [6, 6.07) is 20.2. The first-order valence-electron chi connectivity index (χ1n) is 9.56. The number of ether oxygens (including phenoxy) is 2. The topological polar surface area (TPSA) is 73.3 Å². The summed E-state index contributed by atoms with van der Waals surface area (Å²) in [5, 5.41) is 14.0. The molecule has 2 heterocycles. The molecule has 0 unspecified atom stereocenters. The molecule has 154 valence electrons. The fourth-order valence-electron chi connectivity index (χ4n) is 3.21. The van der Waals surface area contributed by atoms with Gasteiger partial charge in [0.15, 0.2) is 15.8 Å². The summed E-state index contributed by atoms with van der Waals surface area (Å²) in [6.45, 7) is 0.223. The Balaban J connectivity index is 1.19. The van der Waals surface area contributed by atoms with Crippen LogP contribution in [0.25, 0.3) is 16.8 Å². The number of hydrogen-bond acceptors (Lipinski definition) is 7. The summed E-state index contributed by atoms with van der Waals surface area (Å²) >= 11 is 2.97. The molecule has 0 spiro atoms. The number of nitrogens with zero attached hydrogens (tertiary/aromatic N) is 2. The lowest BCUT2D eigenvalue weighted by Gasteiger charge is -2.04. The lowest BCUT2D eigenvalue weighted by Crippen LogP contribution is -2.07. The average molecular weight is 448 g/mol. The van der Waals surface area contributed by atoms with Crippen molar-refractivity contribution in [2.24, 2.45) is 0 Å². The van der Waals surface area contributed by atoms with Crippen molar-refractivity contribution < 1.29 is 14.3 Å². The molecule has 0 bridgehead atoms. The maximum atomic E-state index is 12.2. The van der Waals surface area contributed by atoms with Crippen LogP contribution in [-0.2, 0) is 10.5 Å². The lowest BCUT2D eigenvalue weighted by molar-refractivity contribution is -0.111. The van der Waals surface area contributed by atoms with Gasteiger partial charge in [0.1, 0.15) is 0 Å². The highest BCUT2D eigenvalue weighted by molar-refractivity contribution is 8.00. The van der Waals surface area contributed by atoms with E-state index < -0.39 is 0 Å². The van der Waals surface area contributed by atoms with Gasteiger partial charge in [-0.2, -0.15) is 0 Å². The number of benzene rings is 3. The standard InChI is InChI=1S/C23H17N3O3S2/c27-21(11-9-15-8-10-19-20(12-15)29-14-28-19)24-22-25-26-23(31-22)30-13-17-6-3-5-16-4-1-2-7-18(16)17/h1-12H,13-14H2,(H,24,25,27)/b11-9+. The molecule has 5 rings (SSSR count). The Labute approximate surface area is 186 Å². The van der Waals surface area contributed by atoms with Crippen LogP contribution in [0.4, 0.5) is 5.13 Å². The summed E-state index contributed by atoms with van der Waals surface area (Å²) in [4.78, 5) is 12.2. The number of rotatable bonds is 6. The molecule has 31 heavy (non-hydrogen) atoms. The van der Waals surface area contributed by atoms with Gasteiger partial charge < -0.3 is 9.47 Å². The Morgan fingerprint density at radius 1 is 1.06 bits per heavy atom. The molecule has 1 amide bonds. The molecule has 4 aromatic rings. The zero-order valence-corrected chi connectivity index (χ0v) is 17.9. The van der Waals surface area contributed by atoms with Crippen molar-refractivity contribution in [1.29, 1.82) is 0 Å². The van der Waals surface area contributed by atoms with E-state index in [1.165, 1.54) is 33.7 Å². The molecule has 1 N–H and O–H groups in total. The average Bonchev–Trinajstić information content (AvgIpc) is 3.45. The Bertz CT molecular complexity index is 1280. The molecule has 1 aromatic heterocycles. The third-order valence-corrected chi connectivity index (χ3v) is 6.71. The SMILES string of the molecule is O=C(/C=C/c1ccc2c(c1)OCO2)Nc1nnc(SCc2cccc3ccccc23)s1. The van der Waals surface area contributed by atoms with Crippen LogP contribution < -0.4 is 14.8 Å². The minimum atomic E-state index is -0.264. The van der Waals surface area contributed by atoms with E-state index in [0.29, 0.717) is 16.6 Å². The van der Waals surface area contributed by atoms with Crippen molar-refractivity contribution in [3.63, 3.8) is 0 Å². The van der Waals surface area contributed by atoms with Crippen LogP contribution in [0, 0.1) is 0 Å². The number of thioether (sulfide) groups is 1. The zero-order chi connectivity index (χ0) is 21.0. The molecule has 1 aliphatic rings. The Morgan fingerprint density at radius 3 is 2.90 bits per heavy atom. The summed E-state index contributed by atoms with van der Waals surface area (Å²) in [6.07, 6.45) is 3.18. The molecule has 0 atom stereocenters. The second-order valence-electron chi connectivity index (χ2n) is 6.74. The first kappa shape index (κ1) is 19.6. The minimum absolute atomic E-state index is 0.223. The maximum Gasteiger partial charge on any atom is 0.250 e. The second kappa shape index (κ2) is 8.79. The van der Waals surface area contributed by atoms with Gasteiger partial charge >= 0.3 is 0 Å². The van der Waals surface area contributed by atoms with Crippen LogP contribution in [-0.4, -0.2) is 22.9 Å². The molecule has 0 saturated heterocycles. The molecule has 8 heteroatoms. The van der Waals surface area contributed by atoms with Crippen LogP contribution >= 0.6 is 23.1 Å². The third-order valence-electron chi connectivity index (χ3n) is 4.69. The van der Waals surface area contributed by atoms with E-state index in [2.05, 4.69) is 45.8 Å². The van der Waals surface area contributed by atoms with Gasteiger partial charge in [-0.25, -0.2) is 0 Å². The molecule has 1 aliphatic heterocycles. The van der Waals surface area contributed by atoms with Crippen LogP contribution in [0.15, 0.2) is 71.1 Å². The van der Waals surface area contributed by atoms with Gasteiger partial charge in [-0.15, -0.1) is 10.2 Å². The number of fused-ring (bicyclic) bond motifs is 2. The van der Waals surface area contributed by atoms with E-state index in [-0.39, 0.29) is 12.7 Å². The van der Waals surface area contributed by atoms with Gasteiger partial charge in [-0.1, -0.05) is 71.6 Å². The van der Waals surface area contributed by atoms with E-state index in [0.717, 1.165) is 15.7 Å². The minimum Gasteiger partial charge on any atom is -0.454 e. The molecule has 6 nitrogen and oxygen atoms in total. The maximum absolute atomic E-state index is 12.2. The highest BCUT2D eigenvalue weighted by Crippen LogP contribution is 2.33. The Morgan fingerprint density at radius 2 is 1.94 bits per heavy atom. The smallest absolute Gasteiger partial charge is 0.250 e. The summed E-state index contributed by atoms with van der Waals surface area (Å²) < 4.78 is 11.4. The largest absolute Gasteiger partial charge is 0.454 e. The zero-order valence-electron chi connectivity index (χ0n) is 16.3. The van der Waals surface area contributed by atoms with Crippen molar-refractivity contribution in [3.8, 4) is 11.5 Å². The summed E-state index contributed by atoms with van der Waals surface area (Å²) in [5.41, 5.74) is 2.10. The van der Waals surface area contributed by atoms with E-state index >= 15 is 0 Å². The van der Waals surface area contributed by atoms with Crippen LogP contribution in [0.3, 0.4) is 0 Å². The number of carbonyl (C=O) groups is 1. The number of nitrogens with one attached hydrogen (secondary N) is 1. The van der Waals surface area contributed by atoms with E-state index in [9.17, 15) is 4.79 Å². The first-order valence-corrected chi connectivity index (χ1v) is 11.4.